The van der Waals surface area contributed by atoms with Gasteiger partial charge in [0.1, 0.15) is 13.2 Å². The highest BCUT2D eigenvalue weighted by Crippen LogP contribution is 2.43. The SMILES string of the molecule is CCCCCCC/C=C/CCCC[C@@H](O)[C@H](COP(=O)(O)OCC[N+](C)(C)C)NC(=O)CCCCCCCCCCCCC. The molecule has 0 spiro atoms. The molecule has 3 atom stereocenters. The summed E-state index contributed by atoms with van der Waals surface area (Å²) in [6, 6.07) is -0.767. The summed E-state index contributed by atoms with van der Waals surface area (Å²) < 4.78 is 23.4. The number of nitrogens with one attached hydrogen (secondary N) is 1. The van der Waals surface area contributed by atoms with Crippen molar-refractivity contribution in [1.29, 1.82) is 0 Å². The van der Waals surface area contributed by atoms with Crippen molar-refractivity contribution < 1.29 is 32.9 Å². The molecule has 0 aliphatic heterocycles. The van der Waals surface area contributed by atoms with Crippen LogP contribution in [0.1, 0.15) is 155 Å². The van der Waals surface area contributed by atoms with Gasteiger partial charge in [0, 0.05) is 6.42 Å². The maximum atomic E-state index is 12.7. The molecular weight excluding hydrogens is 575 g/mol. The Hall–Kier alpha value is -0.760. The summed E-state index contributed by atoms with van der Waals surface area (Å²) in [7, 11) is 1.60. The topological polar surface area (TPSA) is 105 Å². The summed E-state index contributed by atoms with van der Waals surface area (Å²) in [5.41, 5.74) is 0. The Morgan fingerprint density at radius 1 is 0.750 bits per heavy atom. The van der Waals surface area contributed by atoms with Crippen molar-refractivity contribution in [3.63, 3.8) is 0 Å². The van der Waals surface area contributed by atoms with E-state index in [-0.39, 0.29) is 19.1 Å². The predicted molar refractivity (Wildman–Crippen MR) is 185 cm³/mol. The van der Waals surface area contributed by atoms with Crippen LogP contribution < -0.4 is 5.32 Å². The van der Waals surface area contributed by atoms with E-state index in [9.17, 15) is 19.4 Å². The van der Waals surface area contributed by atoms with Crippen molar-refractivity contribution >= 4 is 13.7 Å². The number of amides is 1. The molecule has 8 nitrogen and oxygen atoms in total. The van der Waals surface area contributed by atoms with E-state index < -0.39 is 20.0 Å². The summed E-state index contributed by atoms with van der Waals surface area (Å²) in [4.78, 5) is 22.9. The van der Waals surface area contributed by atoms with Crippen LogP contribution in [-0.2, 0) is 18.4 Å². The minimum atomic E-state index is -4.30. The van der Waals surface area contributed by atoms with Crippen LogP contribution in [0.2, 0.25) is 0 Å². The largest absolute Gasteiger partial charge is 0.472 e. The molecular formula is C35H72N2O6P+. The van der Waals surface area contributed by atoms with Crippen LogP contribution in [0.5, 0.6) is 0 Å². The van der Waals surface area contributed by atoms with Crippen molar-refractivity contribution in [1.82, 2.24) is 5.32 Å². The van der Waals surface area contributed by atoms with Crippen molar-refractivity contribution in [3.8, 4) is 0 Å². The summed E-state index contributed by atoms with van der Waals surface area (Å²) in [5, 5.41) is 13.8. The van der Waals surface area contributed by atoms with Gasteiger partial charge in [-0.25, -0.2) is 4.57 Å². The third-order valence-corrected chi connectivity index (χ3v) is 9.00. The zero-order valence-electron chi connectivity index (χ0n) is 29.4. The summed E-state index contributed by atoms with van der Waals surface area (Å²) >= 11 is 0. The molecule has 1 amide bonds. The van der Waals surface area contributed by atoms with Crippen LogP contribution >= 0.6 is 7.82 Å². The Morgan fingerprint density at radius 3 is 1.75 bits per heavy atom. The number of carbonyl (C=O) groups is 1. The van der Waals surface area contributed by atoms with Crippen LogP contribution in [0.3, 0.4) is 0 Å². The second-order valence-corrected chi connectivity index (χ2v) is 15.1. The number of quaternary nitrogens is 1. The summed E-state index contributed by atoms with van der Waals surface area (Å²) in [6.07, 6.45) is 28.0. The number of likely N-dealkylation sites (N-methyl/N-ethyl adjacent to an activating group) is 1. The molecule has 262 valence electrons. The molecule has 0 heterocycles. The lowest BCUT2D eigenvalue weighted by atomic mass is 10.0. The smallest absolute Gasteiger partial charge is 0.391 e. The molecule has 0 aliphatic carbocycles. The number of hydrogen-bond acceptors (Lipinski definition) is 5. The quantitative estimate of drug-likeness (QED) is 0.0292. The molecule has 0 bridgehead atoms. The summed E-state index contributed by atoms with van der Waals surface area (Å²) in [6.45, 7) is 4.81. The van der Waals surface area contributed by atoms with Crippen LogP contribution in [-0.4, -0.2) is 73.4 Å². The van der Waals surface area contributed by atoms with Crippen molar-refractivity contribution in [3.05, 3.63) is 12.2 Å². The van der Waals surface area contributed by atoms with Gasteiger partial charge in [0.05, 0.1) is 39.9 Å². The molecule has 1 unspecified atom stereocenters. The average molecular weight is 648 g/mol. The second kappa shape index (κ2) is 28.5. The second-order valence-electron chi connectivity index (χ2n) is 13.6. The first kappa shape index (κ1) is 43.2. The fourth-order valence-corrected chi connectivity index (χ4v) is 5.77. The molecule has 0 aromatic carbocycles. The zero-order valence-corrected chi connectivity index (χ0v) is 30.3. The van der Waals surface area contributed by atoms with Crippen LogP contribution in [0.25, 0.3) is 0 Å². The Bertz CT molecular complexity index is 743. The number of nitrogens with zero attached hydrogens (tertiary/aromatic N) is 1. The molecule has 0 rings (SSSR count). The van der Waals surface area contributed by atoms with E-state index in [4.69, 9.17) is 9.05 Å². The van der Waals surface area contributed by atoms with E-state index in [1.807, 2.05) is 21.1 Å². The molecule has 3 N–H and O–H groups in total. The first-order valence-corrected chi connectivity index (χ1v) is 19.5. The molecule has 0 fully saturated rings. The number of unbranched alkanes of at least 4 members (excludes halogenated alkanes) is 17. The van der Waals surface area contributed by atoms with Gasteiger partial charge >= 0.3 is 7.82 Å². The molecule has 0 saturated carbocycles. The Balaban J connectivity index is 4.55. The van der Waals surface area contributed by atoms with Crippen molar-refractivity contribution in [2.24, 2.45) is 0 Å². The highest BCUT2D eigenvalue weighted by molar-refractivity contribution is 7.47. The highest BCUT2D eigenvalue weighted by Gasteiger charge is 2.28. The number of aliphatic hydroxyl groups is 1. The molecule has 0 aromatic rings. The number of aliphatic hydroxyl groups excluding tert-OH is 1. The van der Waals surface area contributed by atoms with Crippen LogP contribution in [0, 0.1) is 0 Å². The van der Waals surface area contributed by atoms with E-state index in [1.54, 1.807) is 0 Å². The predicted octanol–water partition coefficient (Wildman–Crippen LogP) is 8.85. The Morgan fingerprint density at radius 2 is 1.23 bits per heavy atom. The van der Waals surface area contributed by atoms with Crippen LogP contribution in [0.4, 0.5) is 0 Å². The van der Waals surface area contributed by atoms with Crippen molar-refractivity contribution in [2.45, 2.75) is 167 Å². The fraction of sp³-hybridized carbons (Fsp3) is 0.914. The van der Waals surface area contributed by atoms with E-state index in [0.29, 0.717) is 23.9 Å². The maximum Gasteiger partial charge on any atom is 0.472 e. The van der Waals surface area contributed by atoms with Gasteiger partial charge in [-0.05, 0) is 38.5 Å². The molecule has 9 heteroatoms. The van der Waals surface area contributed by atoms with Gasteiger partial charge in [-0.1, -0.05) is 122 Å². The maximum absolute atomic E-state index is 12.7. The van der Waals surface area contributed by atoms with Gasteiger partial charge < -0.3 is 19.8 Å². The minimum absolute atomic E-state index is 0.0714. The number of phosphoric acid groups is 1. The average Bonchev–Trinajstić information content (AvgIpc) is 2.95. The summed E-state index contributed by atoms with van der Waals surface area (Å²) in [5.74, 6) is -0.158. The van der Waals surface area contributed by atoms with E-state index in [0.717, 1.165) is 44.9 Å². The molecule has 0 aromatic heterocycles. The third-order valence-electron chi connectivity index (χ3n) is 8.01. The fourth-order valence-electron chi connectivity index (χ4n) is 5.04. The Labute approximate surface area is 272 Å². The lowest BCUT2D eigenvalue weighted by Crippen LogP contribution is -2.46. The van der Waals surface area contributed by atoms with Gasteiger partial charge in [-0.3, -0.25) is 13.8 Å². The number of hydrogen-bond donors (Lipinski definition) is 3. The number of phosphoric ester groups is 1. The van der Waals surface area contributed by atoms with Gasteiger partial charge in [0.15, 0.2) is 0 Å². The number of allylic oxidation sites excluding steroid dienone is 2. The monoisotopic (exact) mass is 648 g/mol. The number of rotatable bonds is 32. The Kier molecular flexibility index (Phi) is 28.0. The van der Waals surface area contributed by atoms with Gasteiger partial charge in [-0.15, -0.1) is 0 Å². The first-order valence-electron chi connectivity index (χ1n) is 18.1. The number of carbonyl (C=O) groups excluding carboxylic acids is 1. The molecule has 0 saturated heterocycles. The van der Waals surface area contributed by atoms with Gasteiger partial charge in [0.2, 0.25) is 5.91 Å². The first-order chi connectivity index (χ1) is 21.0. The zero-order chi connectivity index (χ0) is 32.9. The van der Waals surface area contributed by atoms with Crippen LogP contribution in [0.15, 0.2) is 12.2 Å². The van der Waals surface area contributed by atoms with Gasteiger partial charge in [-0.2, -0.15) is 0 Å². The molecule has 0 aliphatic rings. The standard InChI is InChI=1S/C35H71N2O6P/c1-6-8-10-12-14-16-18-20-22-24-26-28-34(38)33(32-43-44(40,41)42-31-30-37(3,4)5)36-35(39)29-27-25-23-21-19-17-15-13-11-9-7-2/h18,20,33-34,38H,6-17,19,21-32H2,1-5H3,(H-,36,39,40,41)/p+1/b20-18+/t33-,34+/m0/s1. The van der Waals surface area contributed by atoms with E-state index in [2.05, 4.69) is 31.3 Å². The minimum Gasteiger partial charge on any atom is -0.391 e. The lowest BCUT2D eigenvalue weighted by Gasteiger charge is -2.26. The molecule has 0 radical (unpaired) electrons. The lowest BCUT2D eigenvalue weighted by molar-refractivity contribution is -0.870. The third kappa shape index (κ3) is 29.9. The molecule has 44 heavy (non-hydrogen) atoms. The van der Waals surface area contributed by atoms with E-state index in [1.165, 1.54) is 83.5 Å². The normalized spacial score (nSPS) is 15.0. The van der Waals surface area contributed by atoms with E-state index >= 15 is 0 Å². The highest BCUT2D eigenvalue weighted by atomic mass is 31.2. The van der Waals surface area contributed by atoms with Crippen molar-refractivity contribution in [2.75, 3.05) is 40.9 Å². The van der Waals surface area contributed by atoms with Gasteiger partial charge in [0.25, 0.3) is 0 Å².